The lowest BCUT2D eigenvalue weighted by molar-refractivity contribution is 0.118. The normalized spacial score (nSPS) is 12.6. The minimum atomic E-state index is 0.119. The van der Waals surface area contributed by atoms with E-state index in [1.807, 2.05) is 18.2 Å². The zero-order valence-corrected chi connectivity index (χ0v) is 12.1. The summed E-state index contributed by atoms with van der Waals surface area (Å²) in [5, 5.41) is 7.49. The molecule has 1 aromatic rings. The van der Waals surface area contributed by atoms with Crippen LogP contribution in [-0.4, -0.2) is 37.0 Å². The number of nitrogens with one attached hydrogen (secondary N) is 1. The van der Waals surface area contributed by atoms with Gasteiger partial charge in [0.2, 0.25) is 0 Å². The van der Waals surface area contributed by atoms with Gasteiger partial charge in [0.05, 0.1) is 6.61 Å². The van der Waals surface area contributed by atoms with Crippen molar-refractivity contribution in [3.63, 3.8) is 0 Å². The van der Waals surface area contributed by atoms with Crippen LogP contribution in [0.4, 0.5) is 0 Å². The number of benzene rings is 1. The highest BCUT2D eigenvalue weighted by Gasteiger charge is 2.12. The second-order valence-electron chi connectivity index (χ2n) is 4.83. The third-order valence-corrected chi connectivity index (χ3v) is 3.42. The zero-order valence-electron chi connectivity index (χ0n) is 12.1. The summed E-state index contributed by atoms with van der Waals surface area (Å²) in [6, 6.07) is 8.40. The van der Waals surface area contributed by atoms with Crippen LogP contribution in [0, 0.1) is 5.41 Å². The van der Waals surface area contributed by atoms with E-state index < -0.39 is 0 Å². The molecule has 0 heterocycles. The Morgan fingerprint density at radius 3 is 2.79 bits per heavy atom. The average molecular weight is 263 g/mol. The molecule has 0 aliphatic carbocycles. The Hall–Kier alpha value is -1.39. The predicted octanol–water partition coefficient (Wildman–Crippen LogP) is 2.22. The molecule has 0 spiro atoms. The van der Waals surface area contributed by atoms with Crippen molar-refractivity contribution < 1.29 is 4.74 Å². The zero-order chi connectivity index (χ0) is 14.3. The fourth-order valence-corrected chi connectivity index (χ4v) is 1.99. The summed E-state index contributed by atoms with van der Waals surface area (Å²) in [5.41, 5.74) is 7.50. The van der Waals surface area contributed by atoms with E-state index in [0.717, 1.165) is 31.7 Å². The molecule has 1 rings (SSSR count). The number of rotatable bonds is 8. The summed E-state index contributed by atoms with van der Waals surface area (Å²) in [7, 11) is 1.73. The Morgan fingerprint density at radius 2 is 2.21 bits per heavy atom. The molecule has 106 valence electrons. The first-order chi connectivity index (χ1) is 9.08. The summed E-state index contributed by atoms with van der Waals surface area (Å²) >= 11 is 0. The number of hydrogen-bond donors (Lipinski definition) is 2. The molecule has 0 aromatic heterocycles. The highest BCUT2D eigenvalue weighted by Crippen LogP contribution is 2.12. The van der Waals surface area contributed by atoms with Gasteiger partial charge in [0.25, 0.3) is 0 Å². The van der Waals surface area contributed by atoms with Crippen molar-refractivity contribution in [2.45, 2.75) is 32.9 Å². The van der Waals surface area contributed by atoms with Gasteiger partial charge in [-0.1, -0.05) is 25.1 Å². The molecule has 0 aliphatic heterocycles. The number of hydrogen-bond acceptors (Lipinski definition) is 3. The Morgan fingerprint density at radius 1 is 1.47 bits per heavy atom. The van der Waals surface area contributed by atoms with Crippen molar-refractivity contribution in [3.05, 3.63) is 35.4 Å². The maximum absolute atomic E-state index is 7.49. The van der Waals surface area contributed by atoms with Crippen LogP contribution in [0.5, 0.6) is 0 Å². The topological polar surface area (TPSA) is 62.3 Å². The van der Waals surface area contributed by atoms with Crippen LogP contribution in [0.15, 0.2) is 24.3 Å². The molecule has 1 unspecified atom stereocenters. The standard InChI is InChI=1S/C15H25N3O/c1-4-12(2)18(8-9-19-3)11-13-6-5-7-14(10-13)15(16)17/h5-7,10,12H,4,8-9,11H2,1-3H3,(H3,16,17). The second kappa shape index (κ2) is 7.92. The van der Waals surface area contributed by atoms with Gasteiger partial charge in [-0.15, -0.1) is 0 Å². The molecule has 0 saturated heterocycles. The van der Waals surface area contributed by atoms with Gasteiger partial charge in [-0.2, -0.15) is 0 Å². The molecule has 19 heavy (non-hydrogen) atoms. The minimum absolute atomic E-state index is 0.119. The van der Waals surface area contributed by atoms with Crippen molar-refractivity contribution in [1.82, 2.24) is 4.90 Å². The largest absolute Gasteiger partial charge is 0.384 e. The molecule has 0 radical (unpaired) electrons. The lowest BCUT2D eigenvalue weighted by Gasteiger charge is -2.28. The molecule has 0 saturated carbocycles. The maximum atomic E-state index is 7.49. The number of amidine groups is 1. The van der Waals surface area contributed by atoms with Crippen LogP contribution in [0.1, 0.15) is 31.4 Å². The highest BCUT2D eigenvalue weighted by atomic mass is 16.5. The van der Waals surface area contributed by atoms with Gasteiger partial charge in [-0.05, 0) is 25.0 Å². The van der Waals surface area contributed by atoms with Gasteiger partial charge in [-0.3, -0.25) is 10.3 Å². The first-order valence-electron chi connectivity index (χ1n) is 6.74. The maximum Gasteiger partial charge on any atom is 0.122 e. The third kappa shape index (κ3) is 5.01. The van der Waals surface area contributed by atoms with Crippen molar-refractivity contribution >= 4 is 5.84 Å². The van der Waals surface area contributed by atoms with Crippen molar-refractivity contribution in [1.29, 1.82) is 5.41 Å². The van der Waals surface area contributed by atoms with Gasteiger partial charge < -0.3 is 10.5 Å². The van der Waals surface area contributed by atoms with Crippen LogP contribution in [-0.2, 0) is 11.3 Å². The number of nitrogen functional groups attached to an aromatic ring is 1. The second-order valence-corrected chi connectivity index (χ2v) is 4.83. The van der Waals surface area contributed by atoms with E-state index in [2.05, 4.69) is 24.8 Å². The van der Waals surface area contributed by atoms with Gasteiger partial charge in [-0.25, -0.2) is 0 Å². The van der Waals surface area contributed by atoms with E-state index in [1.165, 1.54) is 5.56 Å². The van der Waals surface area contributed by atoms with E-state index in [9.17, 15) is 0 Å². The molecule has 4 heteroatoms. The molecular weight excluding hydrogens is 238 g/mol. The molecule has 0 aliphatic rings. The summed E-state index contributed by atoms with van der Waals surface area (Å²) in [5.74, 6) is 0.119. The predicted molar refractivity (Wildman–Crippen MR) is 79.5 cm³/mol. The minimum Gasteiger partial charge on any atom is -0.384 e. The van der Waals surface area contributed by atoms with Crippen LogP contribution in [0.3, 0.4) is 0 Å². The first-order valence-corrected chi connectivity index (χ1v) is 6.74. The molecule has 0 bridgehead atoms. The summed E-state index contributed by atoms with van der Waals surface area (Å²) in [4.78, 5) is 2.39. The van der Waals surface area contributed by atoms with Gasteiger partial charge in [0.1, 0.15) is 5.84 Å². The lowest BCUT2D eigenvalue weighted by Crippen LogP contribution is -2.34. The Kier molecular flexibility index (Phi) is 6.53. The smallest absolute Gasteiger partial charge is 0.122 e. The Labute approximate surface area is 116 Å². The fourth-order valence-electron chi connectivity index (χ4n) is 1.99. The highest BCUT2D eigenvalue weighted by molar-refractivity contribution is 5.95. The Bertz CT molecular complexity index is 406. The van der Waals surface area contributed by atoms with Crippen LogP contribution < -0.4 is 5.73 Å². The van der Waals surface area contributed by atoms with E-state index in [-0.39, 0.29) is 5.84 Å². The van der Waals surface area contributed by atoms with Crippen molar-refractivity contribution in [2.75, 3.05) is 20.3 Å². The monoisotopic (exact) mass is 263 g/mol. The third-order valence-electron chi connectivity index (χ3n) is 3.42. The van der Waals surface area contributed by atoms with Crippen molar-refractivity contribution in [3.8, 4) is 0 Å². The van der Waals surface area contributed by atoms with Crippen LogP contribution in [0.25, 0.3) is 0 Å². The average Bonchev–Trinajstić information content (AvgIpc) is 2.42. The first kappa shape index (κ1) is 15.7. The number of nitrogens with two attached hydrogens (primary N) is 1. The van der Waals surface area contributed by atoms with Crippen molar-refractivity contribution in [2.24, 2.45) is 5.73 Å². The molecule has 0 fully saturated rings. The quantitative estimate of drug-likeness (QED) is 0.558. The number of ether oxygens (including phenoxy) is 1. The van der Waals surface area contributed by atoms with Gasteiger partial charge >= 0.3 is 0 Å². The van der Waals surface area contributed by atoms with E-state index in [4.69, 9.17) is 15.9 Å². The summed E-state index contributed by atoms with van der Waals surface area (Å²) in [6.45, 7) is 6.92. The van der Waals surface area contributed by atoms with E-state index >= 15 is 0 Å². The fraction of sp³-hybridized carbons (Fsp3) is 0.533. The Balaban J connectivity index is 2.77. The SMILES string of the molecule is CCC(C)N(CCOC)Cc1cccc(C(=N)N)c1. The van der Waals surface area contributed by atoms with Gasteiger partial charge in [0.15, 0.2) is 0 Å². The molecule has 1 atom stereocenters. The van der Waals surface area contributed by atoms with E-state index in [1.54, 1.807) is 7.11 Å². The molecule has 0 amide bonds. The molecule has 3 N–H and O–H groups in total. The molecular formula is C15H25N3O. The molecule has 1 aromatic carbocycles. The van der Waals surface area contributed by atoms with Gasteiger partial charge in [0, 0.05) is 31.8 Å². The lowest BCUT2D eigenvalue weighted by atomic mass is 10.1. The van der Waals surface area contributed by atoms with Crippen LogP contribution >= 0.6 is 0 Å². The van der Waals surface area contributed by atoms with Crippen LogP contribution in [0.2, 0.25) is 0 Å². The number of methoxy groups -OCH3 is 1. The van der Waals surface area contributed by atoms with E-state index in [0.29, 0.717) is 6.04 Å². The molecule has 4 nitrogen and oxygen atoms in total. The summed E-state index contributed by atoms with van der Waals surface area (Å²) in [6.07, 6.45) is 1.11. The number of nitrogens with zero attached hydrogens (tertiary/aromatic N) is 1. The summed E-state index contributed by atoms with van der Waals surface area (Å²) < 4.78 is 5.17.